The molecule has 2 heteroatoms. The quantitative estimate of drug-likeness (QED) is 0.391. The van der Waals surface area contributed by atoms with E-state index in [1.54, 1.807) is 0 Å². The summed E-state index contributed by atoms with van der Waals surface area (Å²) in [5, 5.41) is 3.25. The fraction of sp³-hybridized carbons (Fsp3) is 0.952. The lowest BCUT2D eigenvalue weighted by Crippen LogP contribution is -2.37. The third-order valence-electron chi connectivity index (χ3n) is 5.31. The third kappa shape index (κ3) is 11.6. The fourth-order valence-corrected chi connectivity index (χ4v) is 3.81. The summed E-state index contributed by atoms with van der Waals surface area (Å²) in [7, 11) is 0. The molecule has 136 valence electrons. The van der Waals surface area contributed by atoms with Gasteiger partial charge in [-0.2, -0.15) is 0 Å². The van der Waals surface area contributed by atoms with Crippen molar-refractivity contribution >= 4 is 5.91 Å². The zero-order valence-corrected chi connectivity index (χ0v) is 15.9. The predicted molar refractivity (Wildman–Crippen MR) is 101 cm³/mol. The van der Waals surface area contributed by atoms with Crippen LogP contribution < -0.4 is 5.32 Å². The van der Waals surface area contributed by atoms with Crippen LogP contribution in [0.4, 0.5) is 0 Å². The standard InChI is InChI=1S/C21H41NO/c1-3-4-5-6-7-8-9-10-11-12-13-17-21(23)22-20-16-14-15-19(2)18-20/h19-20H,3-18H2,1-2H3,(H,22,23)/t19-,20+/m0/s1. The van der Waals surface area contributed by atoms with E-state index in [9.17, 15) is 4.79 Å². The SMILES string of the molecule is CCCCCCCCCCCCCC(=O)N[C@@H]1CCC[C@H](C)C1. The van der Waals surface area contributed by atoms with Gasteiger partial charge in [-0.05, 0) is 25.2 Å². The summed E-state index contributed by atoms with van der Waals surface area (Å²) in [6.45, 7) is 4.58. The molecule has 0 aliphatic heterocycles. The lowest BCUT2D eigenvalue weighted by molar-refractivity contribution is -0.122. The number of rotatable bonds is 13. The first-order valence-electron chi connectivity index (χ1n) is 10.5. The molecule has 0 spiro atoms. The second-order valence-corrected chi connectivity index (χ2v) is 7.82. The van der Waals surface area contributed by atoms with Crippen LogP contribution in [0.25, 0.3) is 0 Å². The summed E-state index contributed by atoms with van der Waals surface area (Å²) in [4.78, 5) is 12.0. The van der Waals surface area contributed by atoms with E-state index in [-0.39, 0.29) is 0 Å². The molecule has 1 amide bonds. The van der Waals surface area contributed by atoms with Crippen molar-refractivity contribution in [3.05, 3.63) is 0 Å². The average Bonchev–Trinajstić information content (AvgIpc) is 2.52. The van der Waals surface area contributed by atoms with Crippen molar-refractivity contribution in [1.82, 2.24) is 5.32 Å². The first-order chi connectivity index (χ1) is 11.2. The summed E-state index contributed by atoms with van der Waals surface area (Å²) in [6, 6.07) is 0.457. The Balaban J connectivity index is 1.84. The van der Waals surface area contributed by atoms with Gasteiger partial charge in [0.1, 0.15) is 0 Å². The van der Waals surface area contributed by atoms with Crippen molar-refractivity contribution in [2.24, 2.45) is 5.92 Å². The van der Waals surface area contributed by atoms with Crippen LogP contribution in [0.1, 0.15) is 117 Å². The predicted octanol–water partition coefficient (Wildman–Crippen LogP) is 6.38. The van der Waals surface area contributed by atoms with Crippen LogP contribution in [-0.2, 0) is 4.79 Å². The van der Waals surface area contributed by atoms with Gasteiger partial charge in [-0.15, -0.1) is 0 Å². The van der Waals surface area contributed by atoms with Crippen LogP contribution in [0.5, 0.6) is 0 Å². The fourth-order valence-electron chi connectivity index (χ4n) is 3.81. The van der Waals surface area contributed by atoms with Crippen LogP contribution in [-0.4, -0.2) is 11.9 Å². The largest absolute Gasteiger partial charge is 0.353 e. The first-order valence-corrected chi connectivity index (χ1v) is 10.5. The average molecular weight is 324 g/mol. The van der Waals surface area contributed by atoms with Crippen molar-refractivity contribution in [3.8, 4) is 0 Å². The van der Waals surface area contributed by atoms with Gasteiger partial charge in [0.25, 0.3) is 0 Å². The second kappa shape index (κ2) is 13.9. The highest BCUT2D eigenvalue weighted by molar-refractivity contribution is 5.76. The normalized spacial score (nSPS) is 21.3. The summed E-state index contributed by atoms with van der Waals surface area (Å²) in [5.41, 5.74) is 0. The van der Waals surface area contributed by atoms with E-state index in [1.807, 2.05) is 0 Å². The zero-order valence-electron chi connectivity index (χ0n) is 15.9. The van der Waals surface area contributed by atoms with Crippen LogP contribution in [0.2, 0.25) is 0 Å². The minimum absolute atomic E-state index is 0.292. The highest BCUT2D eigenvalue weighted by Gasteiger charge is 2.19. The van der Waals surface area contributed by atoms with Crippen molar-refractivity contribution in [3.63, 3.8) is 0 Å². The van der Waals surface area contributed by atoms with Crippen LogP contribution in [0.3, 0.4) is 0 Å². The molecule has 1 rings (SSSR count). The molecule has 1 N–H and O–H groups in total. The summed E-state index contributed by atoms with van der Waals surface area (Å²) in [5.74, 6) is 1.08. The van der Waals surface area contributed by atoms with Crippen molar-refractivity contribution in [1.29, 1.82) is 0 Å². The highest BCUT2D eigenvalue weighted by Crippen LogP contribution is 2.23. The molecule has 2 nitrogen and oxygen atoms in total. The Morgan fingerprint density at radius 3 is 2.00 bits per heavy atom. The summed E-state index contributed by atoms with van der Waals surface area (Å²) in [6.07, 6.45) is 20.5. The number of unbranched alkanes of at least 4 members (excludes halogenated alkanes) is 10. The van der Waals surface area contributed by atoms with E-state index >= 15 is 0 Å². The number of carbonyl (C=O) groups is 1. The van der Waals surface area contributed by atoms with Gasteiger partial charge in [-0.25, -0.2) is 0 Å². The van der Waals surface area contributed by atoms with Gasteiger partial charge in [0.2, 0.25) is 5.91 Å². The molecule has 0 saturated heterocycles. The van der Waals surface area contributed by atoms with Gasteiger partial charge < -0.3 is 5.32 Å². The van der Waals surface area contributed by atoms with Crippen molar-refractivity contribution in [2.45, 2.75) is 123 Å². The molecule has 1 saturated carbocycles. The Labute approximate surface area is 145 Å². The highest BCUT2D eigenvalue weighted by atomic mass is 16.1. The molecule has 2 atom stereocenters. The molecule has 0 bridgehead atoms. The molecule has 0 aromatic carbocycles. The van der Waals surface area contributed by atoms with Gasteiger partial charge >= 0.3 is 0 Å². The van der Waals surface area contributed by atoms with E-state index in [2.05, 4.69) is 19.2 Å². The molecule has 0 aromatic rings. The van der Waals surface area contributed by atoms with Gasteiger partial charge in [0.15, 0.2) is 0 Å². The minimum Gasteiger partial charge on any atom is -0.353 e. The lowest BCUT2D eigenvalue weighted by atomic mass is 9.87. The number of nitrogens with one attached hydrogen (secondary N) is 1. The van der Waals surface area contributed by atoms with E-state index < -0.39 is 0 Å². The number of carbonyl (C=O) groups excluding carboxylic acids is 1. The Morgan fingerprint density at radius 1 is 0.870 bits per heavy atom. The molecule has 0 radical (unpaired) electrons. The Morgan fingerprint density at radius 2 is 1.43 bits per heavy atom. The van der Waals surface area contributed by atoms with Gasteiger partial charge in [0, 0.05) is 12.5 Å². The molecule has 23 heavy (non-hydrogen) atoms. The Hall–Kier alpha value is -0.530. The smallest absolute Gasteiger partial charge is 0.220 e. The van der Waals surface area contributed by atoms with E-state index in [0.29, 0.717) is 11.9 Å². The monoisotopic (exact) mass is 323 g/mol. The molecule has 0 heterocycles. The molecule has 1 fully saturated rings. The maximum Gasteiger partial charge on any atom is 0.220 e. The molecule has 1 aliphatic rings. The van der Waals surface area contributed by atoms with Crippen LogP contribution >= 0.6 is 0 Å². The zero-order chi connectivity index (χ0) is 16.8. The van der Waals surface area contributed by atoms with Crippen molar-refractivity contribution in [2.75, 3.05) is 0 Å². The molecule has 0 aromatic heterocycles. The van der Waals surface area contributed by atoms with Gasteiger partial charge in [0.05, 0.1) is 0 Å². The maximum atomic E-state index is 12.0. The van der Waals surface area contributed by atoms with E-state index in [1.165, 1.54) is 89.9 Å². The molecule has 0 unspecified atom stereocenters. The van der Waals surface area contributed by atoms with Gasteiger partial charge in [-0.3, -0.25) is 4.79 Å². The van der Waals surface area contributed by atoms with E-state index in [4.69, 9.17) is 0 Å². The molecule has 1 aliphatic carbocycles. The summed E-state index contributed by atoms with van der Waals surface area (Å²) < 4.78 is 0. The molecular weight excluding hydrogens is 282 g/mol. The third-order valence-corrected chi connectivity index (χ3v) is 5.31. The Kier molecular flexibility index (Phi) is 12.4. The van der Waals surface area contributed by atoms with Crippen LogP contribution in [0, 0.1) is 5.92 Å². The van der Waals surface area contributed by atoms with Crippen molar-refractivity contribution < 1.29 is 4.79 Å². The second-order valence-electron chi connectivity index (χ2n) is 7.82. The lowest BCUT2D eigenvalue weighted by Gasteiger charge is -2.27. The first kappa shape index (κ1) is 20.5. The number of amides is 1. The topological polar surface area (TPSA) is 29.1 Å². The summed E-state index contributed by atoms with van der Waals surface area (Å²) >= 11 is 0. The maximum absolute atomic E-state index is 12.0. The number of hydrogen-bond donors (Lipinski definition) is 1. The minimum atomic E-state index is 0.292. The Bertz CT molecular complexity index is 290. The number of hydrogen-bond acceptors (Lipinski definition) is 1. The van der Waals surface area contributed by atoms with Gasteiger partial charge in [-0.1, -0.05) is 90.9 Å². The van der Waals surface area contributed by atoms with E-state index in [0.717, 1.165) is 18.8 Å². The van der Waals surface area contributed by atoms with Crippen LogP contribution in [0.15, 0.2) is 0 Å². The molecular formula is C21H41NO.